The molecule has 3 nitrogen and oxygen atoms in total. The molecule has 20 heavy (non-hydrogen) atoms. The molecule has 1 saturated heterocycles. The van der Waals surface area contributed by atoms with E-state index in [1.54, 1.807) is 13.0 Å². The lowest BCUT2D eigenvalue weighted by atomic mass is 9.98. The van der Waals surface area contributed by atoms with Gasteiger partial charge in [-0.15, -0.1) is 11.6 Å². The van der Waals surface area contributed by atoms with E-state index in [9.17, 15) is 4.79 Å². The van der Waals surface area contributed by atoms with Crippen LogP contribution in [0, 0.1) is 5.92 Å². The van der Waals surface area contributed by atoms with Gasteiger partial charge in [-0.3, -0.25) is 4.79 Å². The lowest BCUT2D eigenvalue weighted by Gasteiger charge is -2.33. The molecule has 1 heterocycles. The second kappa shape index (κ2) is 6.68. The number of alkyl halides is 1. The summed E-state index contributed by atoms with van der Waals surface area (Å²) in [6, 6.07) is 5.60. The van der Waals surface area contributed by atoms with E-state index in [2.05, 4.69) is 17.1 Å². The lowest BCUT2D eigenvalue weighted by molar-refractivity contribution is -0.115. The van der Waals surface area contributed by atoms with Gasteiger partial charge in [0.15, 0.2) is 0 Å². The van der Waals surface area contributed by atoms with E-state index in [4.69, 9.17) is 23.2 Å². The fraction of sp³-hybridized carbons (Fsp3) is 0.533. The first-order valence-corrected chi connectivity index (χ1v) is 7.78. The van der Waals surface area contributed by atoms with Crippen LogP contribution in [0.5, 0.6) is 0 Å². The summed E-state index contributed by atoms with van der Waals surface area (Å²) in [7, 11) is 0. The number of halogens is 2. The monoisotopic (exact) mass is 314 g/mol. The summed E-state index contributed by atoms with van der Waals surface area (Å²) in [6.45, 7) is 5.94. The van der Waals surface area contributed by atoms with Crippen molar-refractivity contribution in [3.8, 4) is 0 Å². The van der Waals surface area contributed by atoms with E-state index in [1.807, 2.05) is 12.1 Å². The van der Waals surface area contributed by atoms with Crippen LogP contribution < -0.4 is 10.2 Å². The van der Waals surface area contributed by atoms with Gasteiger partial charge in [-0.05, 0) is 43.9 Å². The zero-order chi connectivity index (χ0) is 14.7. The molecule has 0 saturated carbocycles. The Hall–Kier alpha value is -0.930. The number of nitrogens with zero attached hydrogens (tertiary/aromatic N) is 1. The number of piperidine rings is 1. The average Bonchev–Trinajstić information content (AvgIpc) is 2.40. The van der Waals surface area contributed by atoms with Crippen molar-refractivity contribution in [3.63, 3.8) is 0 Å². The topological polar surface area (TPSA) is 32.3 Å². The van der Waals surface area contributed by atoms with Crippen LogP contribution in [0.1, 0.15) is 26.7 Å². The molecule has 1 aliphatic rings. The van der Waals surface area contributed by atoms with Crippen LogP contribution in [0.2, 0.25) is 5.02 Å². The molecule has 1 unspecified atom stereocenters. The summed E-state index contributed by atoms with van der Waals surface area (Å²) in [5.41, 5.74) is 1.76. The molecule has 1 aromatic carbocycles. The van der Waals surface area contributed by atoms with E-state index in [0.29, 0.717) is 5.02 Å². The minimum atomic E-state index is -0.566. The molecule has 0 radical (unpaired) electrons. The summed E-state index contributed by atoms with van der Waals surface area (Å²) in [4.78, 5) is 14.1. The number of rotatable bonds is 3. The van der Waals surface area contributed by atoms with Crippen molar-refractivity contribution in [3.05, 3.63) is 23.2 Å². The van der Waals surface area contributed by atoms with Crippen LogP contribution in [0.4, 0.5) is 11.4 Å². The number of hydrogen-bond acceptors (Lipinski definition) is 2. The first-order chi connectivity index (χ1) is 9.47. The van der Waals surface area contributed by atoms with Crippen molar-refractivity contribution in [2.45, 2.75) is 32.1 Å². The largest absolute Gasteiger partial charge is 0.370 e. The second-order valence-electron chi connectivity index (χ2n) is 5.44. The molecule has 0 aliphatic carbocycles. The number of anilines is 2. The van der Waals surface area contributed by atoms with E-state index >= 15 is 0 Å². The Morgan fingerprint density at radius 1 is 1.40 bits per heavy atom. The van der Waals surface area contributed by atoms with Gasteiger partial charge in [0.25, 0.3) is 0 Å². The van der Waals surface area contributed by atoms with Crippen molar-refractivity contribution in [2.24, 2.45) is 5.92 Å². The van der Waals surface area contributed by atoms with E-state index in [0.717, 1.165) is 30.4 Å². The summed E-state index contributed by atoms with van der Waals surface area (Å²) in [6.07, 6.45) is 2.34. The molecule has 110 valence electrons. The predicted molar refractivity (Wildman–Crippen MR) is 86.0 cm³/mol. The summed E-state index contributed by atoms with van der Waals surface area (Å²) >= 11 is 11.9. The Balaban J connectivity index is 2.21. The number of benzene rings is 1. The highest BCUT2D eigenvalue weighted by molar-refractivity contribution is 6.33. The molecule has 1 atom stereocenters. The molecule has 1 N–H and O–H groups in total. The molecule has 2 rings (SSSR count). The van der Waals surface area contributed by atoms with Gasteiger partial charge in [-0.1, -0.05) is 18.5 Å². The minimum Gasteiger partial charge on any atom is -0.370 e. The summed E-state index contributed by atoms with van der Waals surface area (Å²) in [5.74, 6) is 0.556. The van der Waals surface area contributed by atoms with Crippen LogP contribution in [-0.4, -0.2) is 24.4 Å². The maximum atomic E-state index is 11.8. The standard InChI is InChI=1S/C15H20Cl2N2O/c1-10-5-7-19(8-6-10)14-4-3-12(17)9-13(14)18-15(20)11(2)16/h3-4,9-11H,5-8H2,1-2H3,(H,18,20). The number of hydrogen-bond donors (Lipinski definition) is 1. The summed E-state index contributed by atoms with van der Waals surface area (Å²) < 4.78 is 0. The van der Waals surface area contributed by atoms with E-state index in [1.165, 1.54) is 12.8 Å². The van der Waals surface area contributed by atoms with E-state index in [-0.39, 0.29) is 5.91 Å². The second-order valence-corrected chi connectivity index (χ2v) is 6.53. The molecule has 1 aliphatic heterocycles. The molecule has 1 amide bonds. The maximum absolute atomic E-state index is 11.8. The van der Waals surface area contributed by atoms with Crippen molar-refractivity contribution in [2.75, 3.05) is 23.3 Å². The highest BCUT2D eigenvalue weighted by Crippen LogP contribution is 2.32. The average molecular weight is 315 g/mol. The van der Waals surface area contributed by atoms with Gasteiger partial charge in [0.2, 0.25) is 5.91 Å². The highest BCUT2D eigenvalue weighted by Gasteiger charge is 2.20. The van der Waals surface area contributed by atoms with Crippen molar-refractivity contribution in [1.29, 1.82) is 0 Å². The molecule has 0 bridgehead atoms. The van der Waals surface area contributed by atoms with Gasteiger partial charge in [-0.25, -0.2) is 0 Å². The number of nitrogens with one attached hydrogen (secondary N) is 1. The molecular weight excluding hydrogens is 295 g/mol. The fourth-order valence-electron chi connectivity index (χ4n) is 2.37. The predicted octanol–water partition coefficient (Wildman–Crippen LogP) is 4.14. The van der Waals surface area contributed by atoms with Gasteiger partial charge in [0, 0.05) is 18.1 Å². The summed E-state index contributed by atoms with van der Waals surface area (Å²) in [5, 5.41) is 2.90. The molecule has 0 spiro atoms. The first kappa shape index (κ1) is 15.5. The van der Waals surface area contributed by atoms with Crippen LogP contribution in [0.3, 0.4) is 0 Å². The third-order valence-electron chi connectivity index (χ3n) is 3.70. The van der Waals surface area contributed by atoms with Gasteiger partial charge >= 0.3 is 0 Å². The Morgan fingerprint density at radius 2 is 2.05 bits per heavy atom. The van der Waals surface area contributed by atoms with Gasteiger partial charge in [0.05, 0.1) is 11.4 Å². The van der Waals surface area contributed by atoms with Gasteiger partial charge < -0.3 is 10.2 Å². The SMILES string of the molecule is CC1CCN(c2ccc(Cl)cc2NC(=O)C(C)Cl)CC1. The molecule has 1 fully saturated rings. The molecule has 0 aromatic heterocycles. The zero-order valence-corrected chi connectivity index (χ0v) is 13.3. The van der Waals surface area contributed by atoms with Gasteiger partial charge in [-0.2, -0.15) is 0 Å². The first-order valence-electron chi connectivity index (χ1n) is 6.97. The Kier molecular flexibility index (Phi) is 5.17. The van der Waals surface area contributed by atoms with Crippen LogP contribution in [0.25, 0.3) is 0 Å². The normalized spacial score (nSPS) is 17.9. The molecule has 5 heteroatoms. The number of carbonyl (C=O) groups excluding carboxylic acids is 1. The maximum Gasteiger partial charge on any atom is 0.242 e. The van der Waals surface area contributed by atoms with Crippen molar-refractivity contribution < 1.29 is 4.79 Å². The number of carbonyl (C=O) groups is 1. The number of amides is 1. The fourth-order valence-corrected chi connectivity index (χ4v) is 2.59. The highest BCUT2D eigenvalue weighted by atomic mass is 35.5. The van der Waals surface area contributed by atoms with Crippen LogP contribution >= 0.6 is 23.2 Å². The molecule has 1 aromatic rings. The minimum absolute atomic E-state index is 0.208. The van der Waals surface area contributed by atoms with Crippen LogP contribution in [-0.2, 0) is 4.79 Å². The van der Waals surface area contributed by atoms with E-state index < -0.39 is 5.38 Å². The Morgan fingerprint density at radius 3 is 2.65 bits per heavy atom. The third kappa shape index (κ3) is 3.80. The lowest BCUT2D eigenvalue weighted by Crippen LogP contribution is -2.33. The molecular formula is C15H20Cl2N2O. The van der Waals surface area contributed by atoms with Crippen molar-refractivity contribution >= 4 is 40.5 Å². The van der Waals surface area contributed by atoms with Gasteiger partial charge in [0.1, 0.15) is 5.38 Å². The Labute approximate surface area is 130 Å². The Bertz CT molecular complexity index is 483. The van der Waals surface area contributed by atoms with Crippen molar-refractivity contribution in [1.82, 2.24) is 0 Å². The third-order valence-corrected chi connectivity index (χ3v) is 4.14. The zero-order valence-electron chi connectivity index (χ0n) is 11.8. The smallest absolute Gasteiger partial charge is 0.242 e. The van der Waals surface area contributed by atoms with Crippen LogP contribution in [0.15, 0.2) is 18.2 Å². The quantitative estimate of drug-likeness (QED) is 0.850.